The van der Waals surface area contributed by atoms with Gasteiger partial charge >= 0.3 is 0 Å². The zero-order valence-electron chi connectivity index (χ0n) is 13.2. The first-order valence-corrected chi connectivity index (χ1v) is 8.89. The molecule has 6 nitrogen and oxygen atoms in total. The minimum atomic E-state index is -3.50. The minimum absolute atomic E-state index is 0.0320. The fraction of sp³-hybridized carbons (Fsp3) is 0.786. The topological polar surface area (TPSA) is 75.4 Å². The number of hydrogen-bond acceptors (Lipinski definition) is 4. The maximum absolute atomic E-state index is 12.9. The van der Waals surface area contributed by atoms with E-state index in [0.29, 0.717) is 41.7 Å². The number of sulfonamides is 1. The van der Waals surface area contributed by atoms with Crippen LogP contribution in [0.15, 0.2) is 4.90 Å². The van der Waals surface area contributed by atoms with E-state index in [1.807, 2.05) is 6.92 Å². The van der Waals surface area contributed by atoms with Crippen LogP contribution in [0.5, 0.6) is 0 Å². The number of aliphatic hydroxyl groups excluding tert-OH is 1. The highest BCUT2D eigenvalue weighted by Gasteiger charge is 2.38. The van der Waals surface area contributed by atoms with Crippen molar-refractivity contribution in [3.05, 3.63) is 11.4 Å². The highest BCUT2D eigenvalue weighted by atomic mass is 32.2. The Hall–Kier alpha value is -0.920. The number of aliphatic hydroxyl groups is 1. The van der Waals surface area contributed by atoms with Crippen LogP contribution in [0.3, 0.4) is 0 Å². The molecule has 0 saturated carbocycles. The zero-order chi connectivity index (χ0) is 15.8. The van der Waals surface area contributed by atoms with E-state index >= 15 is 0 Å². The largest absolute Gasteiger partial charge is 0.396 e. The molecule has 1 saturated heterocycles. The maximum atomic E-state index is 12.9. The fourth-order valence-electron chi connectivity index (χ4n) is 3.21. The molecule has 1 aromatic rings. The first kappa shape index (κ1) is 16.5. The number of nitrogens with zero attached hydrogens (tertiary/aromatic N) is 3. The Labute approximate surface area is 126 Å². The zero-order valence-corrected chi connectivity index (χ0v) is 14.0. The SMILES string of the molecule is Cc1nn(CCCO)c(C)c1S(=O)(=O)N1CC(C)CC1C. The van der Waals surface area contributed by atoms with E-state index in [-0.39, 0.29) is 12.6 Å². The Kier molecular flexibility index (Phi) is 4.75. The van der Waals surface area contributed by atoms with Gasteiger partial charge in [0.1, 0.15) is 4.90 Å². The number of aryl methyl sites for hydroxylation is 2. The van der Waals surface area contributed by atoms with E-state index in [1.165, 1.54) is 0 Å². The molecule has 0 radical (unpaired) electrons. The lowest BCUT2D eigenvalue weighted by atomic mass is 10.1. The average molecular weight is 315 g/mol. The summed E-state index contributed by atoms with van der Waals surface area (Å²) in [4.78, 5) is 0.335. The van der Waals surface area contributed by atoms with Gasteiger partial charge in [-0.2, -0.15) is 9.40 Å². The fourth-order valence-corrected chi connectivity index (χ4v) is 5.34. The van der Waals surface area contributed by atoms with Gasteiger partial charge < -0.3 is 5.11 Å². The van der Waals surface area contributed by atoms with E-state index in [1.54, 1.807) is 22.8 Å². The Morgan fingerprint density at radius 3 is 2.52 bits per heavy atom. The molecule has 2 unspecified atom stereocenters. The van der Waals surface area contributed by atoms with Crippen LogP contribution in [0.4, 0.5) is 0 Å². The normalized spacial score (nSPS) is 23.9. The third kappa shape index (κ3) is 3.00. The maximum Gasteiger partial charge on any atom is 0.246 e. The molecule has 0 spiro atoms. The molecule has 0 amide bonds. The molecule has 1 aliphatic heterocycles. The molecule has 2 atom stereocenters. The van der Waals surface area contributed by atoms with Crippen LogP contribution in [0.25, 0.3) is 0 Å². The van der Waals surface area contributed by atoms with Crippen molar-refractivity contribution in [1.82, 2.24) is 14.1 Å². The summed E-state index contributed by atoms with van der Waals surface area (Å²) in [6.07, 6.45) is 1.47. The van der Waals surface area contributed by atoms with Crippen molar-refractivity contribution in [1.29, 1.82) is 0 Å². The van der Waals surface area contributed by atoms with Gasteiger partial charge in [-0.1, -0.05) is 6.92 Å². The van der Waals surface area contributed by atoms with Gasteiger partial charge in [0, 0.05) is 25.7 Å². The van der Waals surface area contributed by atoms with Crippen LogP contribution in [0.2, 0.25) is 0 Å². The second-order valence-electron chi connectivity index (χ2n) is 6.06. The third-order valence-electron chi connectivity index (χ3n) is 4.14. The van der Waals surface area contributed by atoms with Gasteiger partial charge in [-0.05, 0) is 39.5 Å². The van der Waals surface area contributed by atoms with Crippen molar-refractivity contribution in [3.63, 3.8) is 0 Å². The Morgan fingerprint density at radius 2 is 2.00 bits per heavy atom. The molecule has 1 aromatic heterocycles. The molecule has 0 bridgehead atoms. The van der Waals surface area contributed by atoms with Gasteiger partial charge in [0.2, 0.25) is 10.0 Å². The van der Waals surface area contributed by atoms with Crippen LogP contribution >= 0.6 is 0 Å². The molecule has 0 aliphatic carbocycles. The lowest BCUT2D eigenvalue weighted by Crippen LogP contribution is -2.34. The van der Waals surface area contributed by atoms with Crippen LogP contribution in [-0.2, 0) is 16.6 Å². The first-order chi connectivity index (χ1) is 9.78. The predicted molar refractivity (Wildman–Crippen MR) is 80.5 cm³/mol. The van der Waals surface area contributed by atoms with E-state index < -0.39 is 10.0 Å². The summed E-state index contributed by atoms with van der Waals surface area (Å²) in [5.41, 5.74) is 1.20. The monoisotopic (exact) mass is 315 g/mol. The standard InChI is InChI=1S/C14H25N3O3S/c1-10-8-11(2)17(9-10)21(19,20)14-12(3)15-16(13(14)4)6-5-7-18/h10-11,18H,5-9H2,1-4H3. The Bertz CT molecular complexity index is 609. The minimum Gasteiger partial charge on any atom is -0.396 e. The molecule has 2 rings (SSSR count). The predicted octanol–water partition coefficient (Wildman–Crippen LogP) is 1.30. The molecule has 7 heteroatoms. The van der Waals surface area contributed by atoms with Crippen LogP contribution < -0.4 is 0 Å². The Morgan fingerprint density at radius 1 is 1.33 bits per heavy atom. The second kappa shape index (κ2) is 6.06. The smallest absolute Gasteiger partial charge is 0.246 e. The van der Waals surface area contributed by atoms with E-state index in [4.69, 9.17) is 5.11 Å². The van der Waals surface area contributed by atoms with E-state index in [9.17, 15) is 8.42 Å². The second-order valence-corrected chi connectivity index (χ2v) is 7.89. The molecule has 0 aromatic carbocycles. The third-order valence-corrected chi connectivity index (χ3v) is 6.37. The van der Waals surface area contributed by atoms with Gasteiger partial charge in [0.05, 0.1) is 11.4 Å². The molecule has 1 fully saturated rings. The van der Waals surface area contributed by atoms with Crippen LogP contribution in [-0.4, -0.2) is 46.8 Å². The molecule has 2 heterocycles. The van der Waals surface area contributed by atoms with Gasteiger partial charge in [-0.15, -0.1) is 0 Å². The van der Waals surface area contributed by atoms with Crippen LogP contribution in [0.1, 0.15) is 38.1 Å². The summed E-state index contributed by atoms with van der Waals surface area (Å²) in [5, 5.41) is 13.3. The summed E-state index contributed by atoms with van der Waals surface area (Å²) in [7, 11) is -3.50. The van der Waals surface area contributed by atoms with Crippen molar-refractivity contribution in [2.24, 2.45) is 5.92 Å². The van der Waals surface area contributed by atoms with E-state index in [0.717, 1.165) is 6.42 Å². The lowest BCUT2D eigenvalue weighted by molar-refractivity contribution is 0.276. The summed E-state index contributed by atoms with van der Waals surface area (Å²) in [6.45, 7) is 8.74. The van der Waals surface area contributed by atoms with Crippen LogP contribution in [0, 0.1) is 19.8 Å². The number of aromatic nitrogens is 2. The molecule has 1 aliphatic rings. The number of rotatable bonds is 5. The molecule has 120 valence electrons. The molecule has 21 heavy (non-hydrogen) atoms. The first-order valence-electron chi connectivity index (χ1n) is 7.45. The summed E-state index contributed by atoms with van der Waals surface area (Å²) in [6, 6.07) is 0.0320. The van der Waals surface area contributed by atoms with Crippen molar-refractivity contribution >= 4 is 10.0 Å². The molecule has 1 N–H and O–H groups in total. The van der Waals surface area contributed by atoms with Gasteiger partial charge in [0.25, 0.3) is 0 Å². The lowest BCUT2D eigenvalue weighted by Gasteiger charge is -2.21. The summed E-state index contributed by atoms with van der Waals surface area (Å²) in [5.74, 6) is 0.389. The summed E-state index contributed by atoms with van der Waals surface area (Å²) < 4.78 is 29.2. The van der Waals surface area contributed by atoms with Gasteiger partial charge in [-0.25, -0.2) is 8.42 Å². The molecular weight excluding hydrogens is 290 g/mol. The van der Waals surface area contributed by atoms with Crippen molar-refractivity contribution in [3.8, 4) is 0 Å². The number of hydrogen-bond donors (Lipinski definition) is 1. The average Bonchev–Trinajstić information content (AvgIpc) is 2.87. The quantitative estimate of drug-likeness (QED) is 0.889. The highest BCUT2D eigenvalue weighted by molar-refractivity contribution is 7.89. The van der Waals surface area contributed by atoms with Gasteiger partial charge in [-0.3, -0.25) is 4.68 Å². The van der Waals surface area contributed by atoms with E-state index in [2.05, 4.69) is 12.0 Å². The van der Waals surface area contributed by atoms with Crippen molar-refractivity contribution in [2.45, 2.75) is 58.0 Å². The van der Waals surface area contributed by atoms with Crippen molar-refractivity contribution < 1.29 is 13.5 Å². The summed E-state index contributed by atoms with van der Waals surface area (Å²) >= 11 is 0. The molecular formula is C14H25N3O3S. The Balaban J connectivity index is 2.39. The van der Waals surface area contributed by atoms with Crippen molar-refractivity contribution in [2.75, 3.05) is 13.2 Å². The van der Waals surface area contributed by atoms with Gasteiger partial charge in [0.15, 0.2) is 0 Å². The highest BCUT2D eigenvalue weighted by Crippen LogP contribution is 2.31.